The van der Waals surface area contributed by atoms with Gasteiger partial charge in [-0.15, -0.1) is 0 Å². The monoisotopic (exact) mass is 274 g/mol. The van der Waals surface area contributed by atoms with Crippen molar-refractivity contribution in [3.8, 4) is 0 Å². The van der Waals surface area contributed by atoms with Crippen LogP contribution in [0, 0.1) is 5.92 Å². The molecule has 1 atom stereocenters. The second-order valence-electron chi connectivity index (χ2n) is 5.63. The first-order chi connectivity index (χ1) is 8.67. The average molecular weight is 274 g/mol. The molecule has 0 saturated heterocycles. The fraction of sp³-hybridized carbons (Fsp3) is 0.846. The summed E-state index contributed by atoms with van der Waals surface area (Å²) in [7, 11) is 1.36. The van der Waals surface area contributed by atoms with Crippen molar-refractivity contribution in [3.05, 3.63) is 0 Å². The van der Waals surface area contributed by atoms with Gasteiger partial charge in [0, 0.05) is 13.1 Å². The molecule has 6 nitrogen and oxygen atoms in total. The zero-order valence-electron chi connectivity index (χ0n) is 12.7. The fourth-order valence-corrected chi connectivity index (χ4v) is 1.42. The third-order valence-corrected chi connectivity index (χ3v) is 2.28. The van der Waals surface area contributed by atoms with Crippen LogP contribution in [0.2, 0.25) is 0 Å². The van der Waals surface area contributed by atoms with Crippen molar-refractivity contribution in [2.24, 2.45) is 5.92 Å². The van der Waals surface area contributed by atoms with Crippen molar-refractivity contribution in [3.63, 3.8) is 0 Å². The Morgan fingerprint density at radius 1 is 1.16 bits per heavy atom. The maximum atomic E-state index is 11.5. The number of carbonyl (C=O) groups excluding carboxylic acids is 2. The first-order valence-corrected chi connectivity index (χ1v) is 6.45. The van der Waals surface area contributed by atoms with Crippen LogP contribution in [0.5, 0.6) is 0 Å². The van der Waals surface area contributed by atoms with E-state index in [1.165, 1.54) is 7.11 Å². The Balaban J connectivity index is 3.95. The van der Waals surface area contributed by atoms with Crippen molar-refractivity contribution < 1.29 is 19.1 Å². The van der Waals surface area contributed by atoms with Crippen molar-refractivity contribution in [2.75, 3.05) is 20.2 Å². The molecule has 0 aliphatic heterocycles. The maximum Gasteiger partial charge on any atom is 0.407 e. The summed E-state index contributed by atoms with van der Waals surface area (Å²) in [6.07, 6.45) is -0.464. The van der Waals surface area contributed by atoms with Crippen LogP contribution in [0.15, 0.2) is 0 Å². The topological polar surface area (TPSA) is 76.7 Å². The molecule has 0 aromatic rings. The van der Waals surface area contributed by atoms with Crippen LogP contribution < -0.4 is 10.6 Å². The van der Waals surface area contributed by atoms with Crippen LogP contribution in [0.25, 0.3) is 0 Å². The molecule has 0 radical (unpaired) electrons. The van der Waals surface area contributed by atoms with E-state index in [1.54, 1.807) is 20.8 Å². The van der Waals surface area contributed by atoms with Gasteiger partial charge in [0.15, 0.2) is 0 Å². The standard InChI is InChI=1S/C13H26N2O4/c1-9(2)10(11(16)18-6)14-7-8-15-12(17)19-13(3,4)5/h9-10,14H,7-8H2,1-6H3,(H,15,17)/t10-/m0/s1. The van der Waals surface area contributed by atoms with Gasteiger partial charge in [-0.1, -0.05) is 13.8 Å². The molecule has 112 valence electrons. The molecule has 0 aromatic carbocycles. The predicted octanol–water partition coefficient (Wildman–Crippen LogP) is 1.30. The number of hydrogen-bond acceptors (Lipinski definition) is 5. The first kappa shape index (κ1) is 17.7. The van der Waals surface area contributed by atoms with E-state index in [4.69, 9.17) is 9.47 Å². The molecular weight excluding hydrogens is 248 g/mol. The van der Waals surface area contributed by atoms with Gasteiger partial charge in [0.1, 0.15) is 11.6 Å². The molecule has 2 N–H and O–H groups in total. The molecule has 0 aromatic heterocycles. The number of alkyl carbamates (subject to hydrolysis) is 1. The molecule has 0 aliphatic rings. The lowest BCUT2D eigenvalue weighted by Gasteiger charge is -2.21. The summed E-state index contributed by atoms with van der Waals surface area (Å²) in [5, 5.41) is 5.66. The van der Waals surface area contributed by atoms with Crippen LogP contribution in [-0.2, 0) is 14.3 Å². The van der Waals surface area contributed by atoms with Crippen LogP contribution in [0.1, 0.15) is 34.6 Å². The molecule has 0 saturated carbocycles. The Kier molecular flexibility index (Phi) is 7.44. The third kappa shape index (κ3) is 8.42. The Labute approximate surface area is 115 Å². The third-order valence-electron chi connectivity index (χ3n) is 2.28. The average Bonchev–Trinajstić information content (AvgIpc) is 2.25. The summed E-state index contributed by atoms with van der Waals surface area (Å²) >= 11 is 0. The second-order valence-corrected chi connectivity index (χ2v) is 5.63. The molecule has 0 bridgehead atoms. The van der Waals surface area contributed by atoms with E-state index >= 15 is 0 Å². The Bertz CT molecular complexity index is 298. The van der Waals surface area contributed by atoms with Crippen molar-refractivity contribution in [1.29, 1.82) is 0 Å². The van der Waals surface area contributed by atoms with Crippen LogP contribution in [0.4, 0.5) is 4.79 Å². The van der Waals surface area contributed by atoms with Gasteiger partial charge in [-0.2, -0.15) is 0 Å². The molecule has 0 aliphatic carbocycles. The van der Waals surface area contributed by atoms with Crippen molar-refractivity contribution in [1.82, 2.24) is 10.6 Å². The number of nitrogens with one attached hydrogen (secondary N) is 2. The summed E-state index contributed by atoms with van der Waals surface area (Å²) in [4.78, 5) is 22.8. The number of carbonyl (C=O) groups is 2. The van der Waals surface area contributed by atoms with E-state index in [1.807, 2.05) is 13.8 Å². The highest BCUT2D eigenvalue weighted by Crippen LogP contribution is 2.06. The molecule has 6 heteroatoms. The number of esters is 1. The maximum absolute atomic E-state index is 11.5. The highest BCUT2D eigenvalue weighted by Gasteiger charge is 2.22. The van der Waals surface area contributed by atoms with E-state index in [0.717, 1.165) is 0 Å². The minimum atomic E-state index is -0.510. The van der Waals surface area contributed by atoms with E-state index < -0.39 is 11.7 Å². The lowest BCUT2D eigenvalue weighted by atomic mass is 10.1. The highest BCUT2D eigenvalue weighted by atomic mass is 16.6. The Hall–Kier alpha value is -1.30. The molecule has 19 heavy (non-hydrogen) atoms. The lowest BCUT2D eigenvalue weighted by Crippen LogP contribution is -2.45. The van der Waals surface area contributed by atoms with E-state index in [2.05, 4.69) is 10.6 Å². The number of ether oxygens (including phenoxy) is 2. The minimum Gasteiger partial charge on any atom is -0.468 e. The van der Waals surface area contributed by atoms with E-state index in [-0.39, 0.29) is 17.9 Å². The SMILES string of the molecule is COC(=O)[C@@H](NCCNC(=O)OC(C)(C)C)C(C)C. The quantitative estimate of drug-likeness (QED) is 0.564. The highest BCUT2D eigenvalue weighted by molar-refractivity contribution is 5.75. The second kappa shape index (κ2) is 7.99. The predicted molar refractivity (Wildman–Crippen MR) is 72.9 cm³/mol. The van der Waals surface area contributed by atoms with Gasteiger partial charge in [-0.05, 0) is 26.7 Å². The number of hydrogen-bond donors (Lipinski definition) is 2. The number of amides is 1. The molecule has 0 spiro atoms. The summed E-state index contributed by atoms with van der Waals surface area (Å²) < 4.78 is 9.80. The zero-order valence-corrected chi connectivity index (χ0v) is 12.7. The Morgan fingerprint density at radius 3 is 2.16 bits per heavy atom. The van der Waals surface area contributed by atoms with Crippen molar-refractivity contribution in [2.45, 2.75) is 46.3 Å². The van der Waals surface area contributed by atoms with Crippen molar-refractivity contribution >= 4 is 12.1 Å². The van der Waals surface area contributed by atoms with Crippen LogP contribution in [0.3, 0.4) is 0 Å². The molecule has 0 fully saturated rings. The largest absolute Gasteiger partial charge is 0.468 e. The lowest BCUT2D eigenvalue weighted by molar-refractivity contribution is -0.144. The first-order valence-electron chi connectivity index (χ1n) is 6.45. The molecular formula is C13H26N2O4. The summed E-state index contributed by atoms with van der Waals surface area (Å²) in [6, 6.07) is -0.370. The number of rotatable bonds is 6. The Morgan fingerprint density at radius 2 is 1.74 bits per heavy atom. The van der Waals surface area contributed by atoms with Gasteiger partial charge in [-0.3, -0.25) is 4.79 Å². The smallest absolute Gasteiger partial charge is 0.407 e. The van der Waals surface area contributed by atoms with Gasteiger partial charge in [0.25, 0.3) is 0 Å². The van der Waals surface area contributed by atoms with E-state index in [9.17, 15) is 9.59 Å². The number of methoxy groups -OCH3 is 1. The van der Waals surface area contributed by atoms with Crippen LogP contribution >= 0.6 is 0 Å². The minimum absolute atomic E-state index is 0.119. The summed E-state index contributed by atoms with van der Waals surface area (Å²) in [5.74, 6) is -0.179. The molecule has 1 amide bonds. The zero-order chi connectivity index (χ0) is 15.1. The van der Waals surface area contributed by atoms with E-state index in [0.29, 0.717) is 13.1 Å². The molecule has 0 rings (SSSR count). The van der Waals surface area contributed by atoms with Crippen LogP contribution in [-0.4, -0.2) is 43.9 Å². The van der Waals surface area contributed by atoms with Gasteiger partial charge in [-0.25, -0.2) is 4.79 Å². The van der Waals surface area contributed by atoms with Gasteiger partial charge < -0.3 is 20.1 Å². The molecule has 0 unspecified atom stereocenters. The summed E-state index contributed by atoms with van der Waals surface area (Å²) in [5.41, 5.74) is -0.510. The van der Waals surface area contributed by atoms with Gasteiger partial charge in [0.2, 0.25) is 0 Å². The molecule has 0 heterocycles. The van der Waals surface area contributed by atoms with Gasteiger partial charge >= 0.3 is 12.1 Å². The van der Waals surface area contributed by atoms with Gasteiger partial charge in [0.05, 0.1) is 7.11 Å². The fourth-order valence-electron chi connectivity index (χ4n) is 1.42. The normalized spacial score (nSPS) is 13.0. The summed E-state index contributed by atoms with van der Waals surface area (Å²) in [6.45, 7) is 10.1.